The molecule has 0 aliphatic carbocycles. The quantitative estimate of drug-likeness (QED) is 0.570. The van der Waals surface area contributed by atoms with Crippen LogP contribution < -0.4 is 5.32 Å². The van der Waals surface area contributed by atoms with Crippen LogP contribution in [0.15, 0.2) is 53.7 Å². The number of pyridine rings is 1. The fourth-order valence-electron chi connectivity index (χ4n) is 2.13. The van der Waals surface area contributed by atoms with Crippen LogP contribution in [0.1, 0.15) is 36.2 Å². The zero-order chi connectivity index (χ0) is 17.4. The van der Waals surface area contributed by atoms with Crippen molar-refractivity contribution >= 4 is 17.7 Å². The van der Waals surface area contributed by atoms with Gasteiger partial charge >= 0.3 is 0 Å². The number of nitrogens with zero attached hydrogens (tertiary/aromatic N) is 1. The van der Waals surface area contributed by atoms with Crippen molar-refractivity contribution in [2.75, 3.05) is 12.3 Å². The molecule has 5 heteroatoms. The van der Waals surface area contributed by atoms with Gasteiger partial charge in [-0.1, -0.05) is 18.2 Å². The Balaban J connectivity index is 1.74. The number of rotatable bonds is 8. The lowest BCUT2D eigenvalue weighted by molar-refractivity contribution is 0.0713. The summed E-state index contributed by atoms with van der Waals surface area (Å²) in [5.74, 6) is 0.720. The summed E-state index contributed by atoms with van der Waals surface area (Å²) in [6.07, 6.45) is 3.26. The van der Waals surface area contributed by atoms with Crippen LogP contribution in [-0.4, -0.2) is 33.9 Å². The maximum atomic E-state index is 12.1. The highest BCUT2D eigenvalue weighted by Gasteiger charge is 2.12. The predicted molar refractivity (Wildman–Crippen MR) is 98.4 cm³/mol. The van der Waals surface area contributed by atoms with Gasteiger partial charge in [-0.3, -0.25) is 4.79 Å². The number of benzene rings is 1. The molecule has 4 nitrogen and oxygen atoms in total. The van der Waals surface area contributed by atoms with Crippen LogP contribution in [-0.2, 0) is 6.42 Å². The van der Waals surface area contributed by atoms with Gasteiger partial charge in [-0.05, 0) is 56.5 Å². The molecule has 2 rings (SSSR count). The number of aryl methyl sites for hydroxylation is 1. The second-order valence-electron chi connectivity index (χ2n) is 6.28. The minimum absolute atomic E-state index is 0.0642. The number of aliphatic hydroxyl groups is 1. The molecule has 0 aliphatic rings. The Labute approximate surface area is 147 Å². The van der Waals surface area contributed by atoms with Gasteiger partial charge in [0.25, 0.3) is 5.91 Å². The molecule has 0 bridgehead atoms. The third-order valence-electron chi connectivity index (χ3n) is 3.52. The zero-order valence-electron chi connectivity index (χ0n) is 14.2. The Morgan fingerprint density at radius 2 is 1.96 bits per heavy atom. The number of carbonyl (C=O) groups is 1. The Morgan fingerprint density at radius 1 is 1.21 bits per heavy atom. The second-order valence-corrected chi connectivity index (χ2v) is 7.40. The molecule has 1 aromatic heterocycles. The van der Waals surface area contributed by atoms with E-state index in [2.05, 4.69) is 10.3 Å². The Kier molecular flexibility index (Phi) is 6.82. The van der Waals surface area contributed by atoms with Gasteiger partial charge in [0.2, 0.25) is 0 Å². The molecule has 0 fully saturated rings. The van der Waals surface area contributed by atoms with Crippen molar-refractivity contribution in [3.05, 3.63) is 59.8 Å². The molecule has 1 heterocycles. The third kappa shape index (κ3) is 6.72. The number of aromatic nitrogens is 1. The summed E-state index contributed by atoms with van der Waals surface area (Å²) in [6, 6.07) is 13.4. The van der Waals surface area contributed by atoms with Gasteiger partial charge in [0.05, 0.1) is 10.6 Å². The van der Waals surface area contributed by atoms with E-state index < -0.39 is 5.60 Å². The maximum absolute atomic E-state index is 12.1. The third-order valence-corrected chi connectivity index (χ3v) is 4.46. The van der Waals surface area contributed by atoms with E-state index in [-0.39, 0.29) is 5.91 Å². The Bertz CT molecular complexity index is 637. The van der Waals surface area contributed by atoms with Crippen LogP contribution in [0.4, 0.5) is 0 Å². The first kappa shape index (κ1) is 18.5. The number of thioether (sulfide) groups is 1. The average molecular weight is 344 g/mol. The van der Waals surface area contributed by atoms with Gasteiger partial charge in [-0.25, -0.2) is 4.98 Å². The van der Waals surface area contributed by atoms with Gasteiger partial charge in [0.15, 0.2) is 0 Å². The molecule has 2 N–H and O–H groups in total. The van der Waals surface area contributed by atoms with Crippen LogP contribution in [0.3, 0.4) is 0 Å². The molecule has 0 spiro atoms. The van der Waals surface area contributed by atoms with Crippen molar-refractivity contribution < 1.29 is 9.90 Å². The summed E-state index contributed by atoms with van der Waals surface area (Å²) >= 11 is 1.62. The monoisotopic (exact) mass is 344 g/mol. The number of amides is 1. The first-order valence-corrected chi connectivity index (χ1v) is 9.06. The molecule has 0 unspecified atom stereocenters. The maximum Gasteiger partial charge on any atom is 0.251 e. The van der Waals surface area contributed by atoms with Crippen molar-refractivity contribution in [3.8, 4) is 0 Å². The molecular formula is C19H24N2O2S. The van der Waals surface area contributed by atoms with Crippen LogP contribution in [0.2, 0.25) is 0 Å². The highest BCUT2D eigenvalue weighted by atomic mass is 32.2. The molecule has 0 saturated heterocycles. The second kappa shape index (κ2) is 8.85. The molecule has 1 aromatic carbocycles. The Morgan fingerprint density at radius 3 is 2.58 bits per heavy atom. The summed E-state index contributed by atoms with van der Waals surface area (Å²) in [5.41, 5.74) is 1.12. The topological polar surface area (TPSA) is 62.2 Å². The number of nitrogens with one attached hydrogen (secondary N) is 1. The van der Waals surface area contributed by atoms with E-state index in [9.17, 15) is 9.90 Å². The molecule has 1 amide bonds. The summed E-state index contributed by atoms with van der Waals surface area (Å²) in [5, 5.41) is 13.6. The van der Waals surface area contributed by atoms with E-state index >= 15 is 0 Å². The van der Waals surface area contributed by atoms with E-state index in [1.165, 1.54) is 0 Å². The minimum atomic E-state index is -0.665. The van der Waals surface area contributed by atoms with Crippen molar-refractivity contribution in [2.45, 2.75) is 37.3 Å². The van der Waals surface area contributed by atoms with E-state index in [1.807, 2.05) is 42.5 Å². The lowest BCUT2D eigenvalue weighted by Gasteiger charge is -2.16. The summed E-state index contributed by atoms with van der Waals surface area (Å²) in [6.45, 7) is 4.20. The van der Waals surface area contributed by atoms with E-state index in [4.69, 9.17) is 0 Å². The van der Waals surface area contributed by atoms with Gasteiger partial charge in [0.1, 0.15) is 0 Å². The summed E-state index contributed by atoms with van der Waals surface area (Å²) < 4.78 is 0. The molecule has 0 radical (unpaired) electrons. The molecule has 0 atom stereocenters. The Hall–Kier alpha value is -1.85. The van der Waals surface area contributed by atoms with E-state index in [0.29, 0.717) is 18.5 Å². The number of hydrogen-bond acceptors (Lipinski definition) is 4. The average Bonchev–Trinajstić information content (AvgIpc) is 2.57. The SMILES string of the molecule is CC(C)(O)CCc1ccc(C(=O)NCCSc2ccccn2)cc1. The van der Waals surface area contributed by atoms with E-state index in [1.54, 1.807) is 31.8 Å². The fourth-order valence-corrected chi connectivity index (χ4v) is 2.85. The van der Waals surface area contributed by atoms with Gasteiger partial charge < -0.3 is 10.4 Å². The lowest BCUT2D eigenvalue weighted by Crippen LogP contribution is -2.25. The van der Waals surface area contributed by atoms with Crippen molar-refractivity contribution in [1.29, 1.82) is 0 Å². The molecule has 2 aromatic rings. The van der Waals surface area contributed by atoms with Crippen molar-refractivity contribution in [2.24, 2.45) is 0 Å². The van der Waals surface area contributed by atoms with E-state index in [0.717, 1.165) is 22.8 Å². The fraction of sp³-hybridized carbons (Fsp3) is 0.368. The normalized spacial score (nSPS) is 11.3. The van der Waals surface area contributed by atoms with Gasteiger partial charge in [-0.2, -0.15) is 0 Å². The molecule has 0 saturated carbocycles. The van der Waals surface area contributed by atoms with Crippen molar-refractivity contribution in [1.82, 2.24) is 10.3 Å². The van der Waals surface area contributed by atoms with Gasteiger partial charge in [0, 0.05) is 24.1 Å². The molecule has 24 heavy (non-hydrogen) atoms. The molecule has 0 aliphatic heterocycles. The zero-order valence-corrected chi connectivity index (χ0v) is 15.0. The summed E-state index contributed by atoms with van der Waals surface area (Å²) in [4.78, 5) is 16.3. The molecule has 128 valence electrons. The minimum Gasteiger partial charge on any atom is -0.390 e. The first-order valence-electron chi connectivity index (χ1n) is 8.07. The van der Waals surface area contributed by atoms with Crippen LogP contribution in [0.25, 0.3) is 0 Å². The largest absolute Gasteiger partial charge is 0.390 e. The lowest BCUT2D eigenvalue weighted by atomic mass is 9.98. The number of carbonyl (C=O) groups excluding carboxylic acids is 1. The highest BCUT2D eigenvalue weighted by Crippen LogP contribution is 2.14. The smallest absolute Gasteiger partial charge is 0.251 e. The predicted octanol–water partition coefficient (Wildman–Crippen LogP) is 3.31. The first-order chi connectivity index (χ1) is 11.4. The summed E-state index contributed by atoms with van der Waals surface area (Å²) in [7, 11) is 0. The van der Waals surface area contributed by atoms with Gasteiger partial charge in [-0.15, -0.1) is 11.8 Å². The standard InChI is InChI=1S/C19H24N2O2S/c1-19(2,23)11-10-15-6-8-16(9-7-15)18(22)21-13-14-24-17-5-3-4-12-20-17/h3-9,12,23H,10-11,13-14H2,1-2H3,(H,21,22). The van der Waals surface area contributed by atoms with Crippen LogP contribution in [0.5, 0.6) is 0 Å². The van der Waals surface area contributed by atoms with Crippen LogP contribution in [0, 0.1) is 0 Å². The van der Waals surface area contributed by atoms with Crippen LogP contribution >= 0.6 is 11.8 Å². The van der Waals surface area contributed by atoms with Crippen molar-refractivity contribution in [3.63, 3.8) is 0 Å². The highest BCUT2D eigenvalue weighted by molar-refractivity contribution is 7.99. The number of hydrogen-bond donors (Lipinski definition) is 2. The molecular weight excluding hydrogens is 320 g/mol.